The topological polar surface area (TPSA) is 56.0 Å². The van der Waals surface area contributed by atoms with E-state index >= 15 is 0 Å². The average molecular weight is 464 g/mol. The van der Waals surface area contributed by atoms with Crippen molar-refractivity contribution in [2.75, 3.05) is 11.4 Å². The molecule has 0 N–H and O–H groups in total. The quantitative estimate of drug-likeness (QED) is 0.346. The number of alkyl halides is 2. The van der Waals surface area contributed by atoms with Gasteiger partial charge >= 0.3 is 0 Å². The second-order valence-electron chi connectivity index (χ2n) is 8.95. The van der Waals surface area contributed by atoms with Gasteiger partial charge in [-0.15, -0.1) is 0 Å². The minimum atomic E-state index is -2.62. The molecule has 1 aliphatic heterocycles. The van der Waals surface area contributed by atoms with Crippen LogP contribution in [-0.4, -0.2) is 31.7 Å². The predicted octanol–water partition coefficient (Wildman–Crippen LogP) is 5.90. The molecule has 0 atom stereocenters. The van der Waals surface area contributed by atoms with Crippen LogP contribution in [0.5, 0.6) is 0 Å². The van der Waals surface area contributed by atoms with Gasteiger partial charge in [-0.2, -0.15) is 5.10 Å². The highest BCUT2D eigenvalue weighted by Gasteiger charge is 2.26. The van der Waals surface area contributed by atoms with Gasteiger partial charge in [-0.25, -0.2) is 13.8 Å². The van der Waals surface area contributed by atoms with Gasteiger partial charge in [-0.1, -0.05) is 6.92 Å². The van der Waals surface area contributed by atoms with Crippen molar-refractivity contribution in [2.45, 2.75) is 39.5 Å². The van der Waals surface area contributed by atoms with Crippen LogP contribution >= 0.6 is 0 Å². The number of aromatic nitrogens is 4. The van der Waals surface area contributed by atoms with Gasteiger partial charge in [-0.05, 0) is 54.7 Å². The lowest BCUT2D eigenvalue weighted by Crippen LogP contribution is -2.26. The van der Waals surface area contributed by atoms with E-state index in [1.54, 1.807) is 30.2 Å². The van der Waals surface area contributed by atoms with Crippen molar-refractivity contribution in [3.05, 3.63) is 59.0 Å². The molecular formula is C26H27F2N5O. The molecule has 34 heavy (non-hydrogen) atoms. The van der Waals surface area contributed by atoms with E-state index < -0.39 is 6.43 Å². The molecule has 8 heteroatoms. The number of nitrogens with zero attached hydrogens (tertiary/aromatic N) is 5. The van der Waals surface area contributed by atoms with E-state index in [2.05, 4.69) is 5.10 Å². The van der Waals surface area contributed by atoms with Crippen molar-refractivity contribution in [2.24, 2.45) is 14.1 Å². The van der Waals surface area contributed by atoms with Gasteiger partial charge in [0.25, 0.3) is 6.43 Å². The van der Waals surface area contributed by atoms with Gasteiger partial charge in [0.2, 0.25) is 0 Å². The van der Waals surface area contributed by atoms with Crippen LogP contribution in [0.4, 0.5) is 20.3 Å². The van der Waals surface area contributed by atoms with E-state index in [1.165, 1.54) is 0 Å². The SMILES string of the molecule is CCC(=O)c1cn(C)c2c(C)cc(N3CCCc4cc(-c5cnn(C)c5)c(C(F)F)cc43)nc12. The van der Waals surface area contributed by atoms with Crippen molar-refractivity contribution in [3.8, 4) is 11.1 Å². The first-order valence-electron chi connectivity index (χ1n) is 11.5. The molecular weight excluding hydrogens is 436 g/mol. The lowest BCUT2D eigenvalue weighted by atomic mass is 9.93. The van der Waals surface area contributed by atoms with Crippen LogP contribution in [0, 0.1) is 6.92 Å². The smallest absolute Gasteiger partial charge is 0.264 e. The van der Waals surface area contributed by atoms with Gasteiger partial charge < -0.3 is 9.47 Å². The van der Waals surface area contributed by atoms with E-state index in [4.69, 9.17) is 4.98 Å². The number of halogens is 2. The first kappa shape index (κ1) is 22.3. The summed E-state index contributed by atoms with van der Waals surface area (Å²) in [5.74, 6) is 0.714. The predicted molar refractivity (Wildman–Crippen MR) is 129 cm³/mol. The average Bonchev–Trinajstić information content (AvgIpc) is 3.40. The zero-order valence-corrected chi connectivity index (χ0v) is 19.8. The number of pyridine rings is 1. The maximum Gasteiger partial charge on any atom is 0.264 e. The van der Waals surface area contributed by atoms with E-state index in [1.807, 2.05) is 48.7 Å². The summed E-state index contributed by atoms with van der Waals surface area (Å²) in [5, 5.41) is 4.16. The Hall–Kier alpha value is -3.55. The zero-order chi connectivity index (χ0) is 24.1. The van der Waals surface area contributed by atoms with Crippen molar-refractivity contribution in [3.63, 3.8) is 0 Å². The van der Waals surface area contributed by atoms with Crippen LogP contribution < -0.4 is 4.90 Å². The molecule has 5 rings (SSSR count). The lowest BCUT2D eigenvalue weighted by molar-refractivity contribution is 0.0989. The Balaban J connectivity index is 1.68. The van der Waals surface area contributed by atoms with Crippen molar-refractivity contribution in [1.82, 2.24) is 19.3 Å². The van der Waals surface area contributed by atoms with Crippen LogP contribution in [0.2, 0.25) is 0 Å². The molecule has 1 aliphatic rings. The third-order valence-electron chi connectivity index (χ3n) is 6.62. The molecule has 3 aromatic heterocycles. The maximum absolute atomic E-state index is 14.2. The highest BCUT2D eigenvalue weighted by molar-refractivity contribution is 6.07. The fourth-order valence-electron chi connectivity index (χ4n) is 5.01. The molecule has 0 saturated carbocycles. The normalized spacial score (nSPS) is 13.7. The molecule has 0 bridgehead atoms. The summed E-state index contributed by atoms with van der Waals surface area (Å²) in [7, 11) is 3.69. The second kappa shape index (κ2) is 8.34. The van der Waals surface area contributed by atoms with E-state index in [-0.39, 0.29) is 11.3 Å². The van der Waals surface area contributed by atoms with Gasteiger partial charge in [0.15, 0.2) is 5.78 Å². The summed E-state index contributed by atoms with van der Waals surface area (Å²) >= 11 is 0. The number of carbonyl (C=O) groups excluding carboxylic acids is 1. The number of hydrogen-bond donors (Lipinski definition) is 0. The standard InChI is InChI=1S/C26H27F2N5O/c1-5-22(34)20-14-31(3)25-15(2)9-23(30-24(20)25)33-8-6-7-16-10-18(17-12-29-32(4)13-17)19(26(27)28)11-21(16)33/h9-14,26H,5-8H2,1-4H3. The van der Waals surface area contributed by atoms with Crippen molar-refractivity contribution >= 4 is 28.3 Å². The molecule has 4 aromatic rings. The number of fused-ring (bicyclic) bond motifs is 2. The second-order valence-corrected chi connectivity index (χ2v) is 8.95. The summed E-state index contributed by atoms with van der Waals surface area (Å²) < 4.78 is 31.9. The molecule has 0 spiro atoms. The summed E-state index contributed by atoms with van der Waals surface area (Å²) in [6.07, 6.45) is 4.66. The highest BCUT2D eigenvalue weighted by atomic mass is 19.3. The Morgan fingerprint density at radius 2 is 1.97 bits per heavy atom. The number of ketones is 1. The Kier molecular flexibility index (Phi) is 5.46. The largest absolute Gasteiger partial charge is 0.348 e. The number of aryl methyl sites for hydroxylation is 4. The van der Waals surface area contributed by atoms with Gasteiger partial charge in [0.05, 0.1) is 17.3 Å². The third-order valence-corrected chi connectivity index (χ3v) is 6.62. The number of anilines is 2. The van der Waals surface area contributed by atoms with Gasteiger partial charge in [-0.3, -0.25) is 9.48 Å². The number of benzene rings is 1. The number of Topliss-reactive ketones (excluding diaryl/α,β-unsaturated/α-hetero) is 1. The van der Waals surface area contributed by atoms with Gasteiger partial charge in [0.1, 0.15) is 11.3 Å². The van der Waals surface area contributed by atoms with Crippen LogP contribution in [0.1, 0.15) is 53.2 Å². The van der Waals surface area contributed by atoms with Crippen LogP contribution in [0.15, 0.2) is 36.8 Å². The minimum Gasteiger partial charge on any atom is -0.348 e. The van der Waals surface area contributed by atoms with Crippen LogP contribution in [-0.2, 0) is 20.5 Å². The third kappa shape index (κ3) is 3.57. The molecule has 0 radical (unpaired) electrons. The summed E-state index contributed by atoms with van der Waals surface area (Å²) in [5.41, 5.74) is 6.11. The molecule has 176 valence electrons. The number of hydrogen-bond acceptors (Lipinski definition) is 4. The molecule has 0 amide bonds. The van der Waals surface area contributed by atoms with E-state index in [0.29, 0.717) is 41.0 Å². The number of rotatable bonds is 5. The fourth-order valence-corrected chi connectivity index (χ4v) is 5.01. The monoisotopic (exact) mass is 463 g/mol. The Morgan fingerprint density at radius 3 is 2.65 bits per heavy atom. The zero-order valence-electron chi connectivity index (χ0n) is 19.8. The van der Waals surface area contributed by atoms with Crippen molar-refractivity contribution in [1.29, 1.82) is 0 Å². The molecule has 0 unspecified atom stereocenters. The van der Waals surface area contributed by atoms with E-state index in [9.17, 15) is 13.6 Å². The molecule has 0 fully saturated rings. The Labute approximate surface area is 196 Å². The Bertz CT molecular complexity index is 1420. The first-order valence-corrected chi connectivity index (χ1v) is 11.5. The maximum atomic E-state index is 14.2. The summed E-state index contributed by atoms with van der Waals surface area (Å²) in [6.45, 7) is 4.50. The molecule has 4 heterocycles. The molecule has 0 aliphatic carbocycles. The van der Waals surface area contributed by atoms with Crippen molar-refractivity contribution < 1.29 is 13.6 Å². The number of carbonyl (C=O) groups is 1. The van der Waals surface area contributed by atoms with Crippen LogP contribution in [0.3, 0.4) is 0 Å². The summed E-state index contributed by atoms with van der Waals surface area (Å²) in [6, 6.07) is 5.46. The minimum absolute atomic E-state index is 0.0157. The lowest BCUT2D eigenvalue weighted by Gasteiger charge is -2.32. The molecule has 0 saturated heterocycles. The first-order chi connectivity index (χ1) is 16.3. The van der Waals surface area contributed by atoms with Crippen LogP contribution in [0.25, 0.3) is 22.2 Å². The molecule has 6 nitrogen and oxygen atoms in total. The summed E-state index contributed by atoms with van der Waals surface area (Å²) in [4.78, 5) is 19.5. The fraction of sp³-hybridized carbons (Fsp3) is 0.346. The molecule has 1 aromatic carbocycles. The van der Waals surface area contributed by atoms with E-state index in [0.717, 1.165) is 35.2 Å². The Morgan fingerprint density at radius 1 is 1.18 bits per heavy atom. The van der Waals surface area contributed by atoms with Gasteiger partial charge in [0, 0.05) is 56.3 Å². The highest BCUT2D eigenvalue weighted by Crippen LogP contribution is 2.41.